The van der Waals surface area contributed by atoms with Crippen molar-refractivity contribution >= 4 is 0 Å². The molecule has 0 saturated heterocycles. The average molecular weight is 2220 g/mol. The zero-order chi connectivity index (χ0) is 83.3. The van der Waals surface area contributed by atoms with Crippen LogP contribution in [0.2, 0.25) is 0 Å². The topological polar surface area (TPSA) is 825 Å². The van der Waals surface area contributed by atoms with Crippen LogP contribution in [0.5, 0.6) is 0 Å². The fraction of sp³-hybridized carbons (Fsp3) is 1.00. The van der Waals surface area contributed by atoms with Gasteiger partial charge < -0.3 is 169 Å². The molecule has 0 aliphatic carbocycles. The van der Waals surface area contributed by atoms with Gasteiger partial charge in [-0.1, -0.05) is 419 Å². The van der Waals surface area contributed by atoms with Crippen molar-refractivity contribution in [2.75, 3.05) is 106 Å². The summed E-state index contributed by atoms with van der Waals surface area (Å²) in [4.78, 5) is 0. The van der Waals surface area contributed by atoms with Crippen LogP contribution in [0, 0.1) is 86.6 Å². The molecule has 0 unspecified atom stereocenters. The van der Waals surface area contributed by atoms with Crippen molar-refractivity contribution in [2.45, 2.75) is 332 Å². The number of hydrogen-bond acceptors (Lipinski definition) is 16. The smallest absolute Gasteiger partial charge is 2.00 e. The first kappa shape index (κ1) is 292. The first-order chi connectivity index (χ1) is 41.0. The molecule has 0 aromatic carbocycles. The summed E-state index contributed by atoms with van der Waals surface area (Å²) in [7, 11) is 0. The van der Waals surface area contributed by atoms with E-state index in [1.165, 1.54) is 0 Å². The van der Waals surface area contributed by atoms with Crippen LogP contribution < -0.4 is 81.7 Å². The standard InChI is InChI=1S/16C5H11O.16O.12Ti/c16*1-5(2,3)4-6;;;;;;;;;;;;;;;;;;;;;;;;;;;;/h16*4H2,1-3H3;;;;;;;;;;;;;;;;;;;;;;;;;;;;/q16*-1;16*-2;12*+4. The molecule has 0 N–H and O–H groups in total. The van der Waals surface area contributed by atoms with Crippen LogP contribution in [0.15, 0.2) is 0 Å². The van der Waals surface area contributed by atoms with Gasteiger partial charge in [-0.15, -0.1) is 106 Å². The summed E-state index contributed by atoms with van der Waals surface area (Å²) in [5.74, 6) is 0. The zero-order valence-corrected chi connectivity index (χ0v) is 105. The second-order valence-electron chi connectivity index (χ2n) is 43.3. The van der Waals surface area contributed by atoms with Gasteiger partial charge in [-0.2, -0.15) is 0 Å². The van der Waals surface area contributed by atoms with Crippen LogP contribution in [-0.2, 0) is 348 Å². The Kier molecular flexibility index (Phi) is 361. The maximum absolute atomic E-state index is 9.95. The van der Waals surface area contributed by atoms with Crippen molar-refractivity contribution in [2.24, 2.45) is 86.6 Å². The van der Waals surface area contributed by atoms with Crippen LogP contribution in [0.3, 0.4) is 0 Å². The fourth-order valence-corrected chi connectivity index (χ4v) is 0. The summed E-state index contributed by atoms with van der Waals surface area (Å²) in [6.45, 7) is 93.0. The van der Waals surface area contributed by atoms with Crippen molar-refractivity contribution in [3.05, 3.63) is 0 Å². The molecule has 0 bridgehead atoms. The Balaban J connectivity index is -0.0000000129. The van der Waals surface area contributed by atoms with Crippen molar-refractivity contribution in [1.82, 2.24) is 0 Å². The molecular weight excluding hydrogens is 2050 g/mol. The van der Waals surface area contributed by atoms with Crippen molar-refractivity contribution < 1.29 is 430 Å². The SMILES string of the molecule is CC(C)(C)C[O-].CC(C)(C)C[O-].CC(C)(C)C[O-].CC(C)(C)C[O-].CC(C)(C)C[O-].CC(C)(C)C[O-].CC(C)(C)C[O-].CC(C)(C)C[O-].CC(C)(C)C[O-].CC(C)(C)C[O-].CC(C)(C)C[O-].CC(C)(C)C[O-].CC(C)(C)C[O-].CC(C)(C)C[O-].CC(C)(C)C[O-].CC(C)(C)C[O-].[O-2].[O-2].[O-2].[O-2].[O-2].[O-2].[O-2].[O-2].[O-2].[O-2].[O-2].[O-2].[O-2].[O-2].[O-2].[O-2].[Ti+4].[Ti+4].[Ti+4].[Ti+4].[Ti+4].[Ti+4].[Ti+4].[Ti+4].[Ti+4].[Ti+4].[Ti+4].[Ti+4]. The van der Waals surface area contributed by atoms with E-state index in [4.69, 9.17) is 0 Å². The van der Waals surface area contributed by atoms with E-state index in [0.717, 1.165) is 0 Å². The van der Waals surface area contributed by atoms with Crippen molar-refractivity contribution in [1.29, 1.82) is 0 Å². The van der Waals surface area contributed by atoms with Gasteiger partial charge in [0, 0.05) is 0 Å². The van der Waals surface area contributed by atoms with Gasteiger partial charge in [0.2, 0.25) is 0 Å². The Bertz CT molecular complexity index is 1080. The molecule has 0 amide bonds. The molecule has 0 radical (unpaired) electrons. The van der Waals surface area contributed by atoms with E-state index in [0.29, 0.717) is 0 Å². The first-order valence-electron chi connectivity index (χ1n) is 34.3. The first-order valence-corrected chi connectivity index (χ1v) is 34.3. The number of rotatable bonds is 0. The normalized spacial score (nSPS) is 9.29. The Morgan fingerprint density at radius 3 is 0.0887 bits per heavy atom. The molecule has 0 atom stereocenters. The zero-order valence-electron chi connectivity index (χ0n) is 86.4. The van der Waals surface area contributed by atoms with E-state index in [9.17, 15) is 81.7 Å². The predicted octanol–water partition coefficient (Wildman–Crippen LogP) is 4.35. The van der Waals surface area contributed by atoms with Gasteiger partial charge in [-0.05, 0) is 0 Å². The molecule has 32 nitrogen and oxygen atoms in total. The molecule has 0 saturated carbocycles. The van der Waals surface area contributed by atoms with Gasteiger partial charge in [0.1, 0.15) is 0 Å². The van der Waals surface area contributed by atoms with Crippen molar-refractivity contribution in [3.63, 3.8) is 0 Å². The van der Waals surface area contributed by atoms with Gasteiger partial charge in [0.05, 0.1) is 0 Å². The molecule has 0 rings (SSSR count). The molecule has 0 heterocycles. The van der Waals surface area contributed by atoms with E-state index in [2.05, 4.69) is 0 Å². The Morgan fingerprint density at radius 1 is 0.0806 bits per heavy atom. The fourth-order valence-electron chi connectivity index (χ4n) is 0. The summed E-state index contributed by atoms with van der Waals surface area (Å²) in [5.41, 5.74) is -0.222. The molecule has 44 heteroatoms. The van der Waals surface area contributed by atoms with Crippen LogP contribution in [0.1, 0.15) is 332 Å². The molecule has 0 aliphatic rings. The molecule has 0 aromatic rings. The molecule has 0 aliphatic heterocycles. The van der Waals surface area contributed by atoms with Crippen LogP contribution in [0.4, 0.5) is 0 Å². The Morgan fingerprint density at radius 2 is 0.0887 bits per heavy atom. The molecule has 0 aromatic heterocycles. The molecule has 0 fully saturated rings. The van der Waals surface area contributed by atoms with E-state index in [-0.39, 0.29) is 541 Å². The van der Waals surface area contributed by atoms with Gasteiger partial charge in [-0.25, -0.2) is 0 Å². The molecule has 124 heavy (non-hydrogen) atoms. The minimum Gasteiger partial charge on any atom is -2.00 e. The molecule has 736 valence electrons. The number of hydrogen-bond donors (Lipinski definition) is 0. The summed E-state index contributed by atoms with van der Waals surface area (Å²) >= 11 is 0. The summed E-state index contributed by atoms with van der Waals surface area (Å²) in [5, 5.41) is 159. The Hall–Kier alpha value is 7.29. The van der Waals surface area contributed by atoms with Gasteiger partial charge >= 0.3 is 261 Å². The van der Waals surface area contributed by atoms with E-state index in [1.54, 1.807) is 0 Å². The summed E-state index contributed by atoms with van der Waals surface area (Å²) in [6.07, 6.45) is 0. The maximum atomic E-state index is 9.95. The van der Waals surface area contributed by atoms with E-state index >= 15 is 0 Å². The summed E-state index contributed by atoms with van der Waals surface area (Å²) in [6, 6.07) is 0. The maximum Gasteiger partial charge on any atom is 4.00 e. The van der Waals surface area contributed by atoms with Crippen molar-refractivity contribution in [3.8, 4) is 0 Å². The van der Waals surface area contributed by atoms with E-state index in [1.807, 2.05) is 332 Å². The minimum atomic E-state index is -0.0139. The van der Waals surface area contributed by atoms with Gasteiger partial charge in [-0.3, -0.25) is 0 Å². The minimum absolute atomic E-state index is 0. The second kappa shape index (κ2) is 153. The molecule has 0 spiro atoms. The van der Waals surface area contributed by atoms with Crippen LogP contribution >= 0.6 is 0 Å². The third kappa shape index (κ3) is 696. The quantitative estimate of drug-likeness (QED) is 0.304. The average Bonchev–Trinajstić information content (AvgIpc) is 3.38. The Labute approximate surface area is 943 Å². The largest absolute Gasteiger partial charge is 4.00 e. The van der Waals surface area contributed by atoms with E-state index < -0.39 is 0 Å². The van der Waals surface area contributed by atoms with Gasteiger partial charge in [0.25, 0.3) is 0 Å². The van der Waals surface area contributed by atoms with Gasteiger partial charge in [0.15, 0.2) is 0 Å². The monoisotopic (exact) mass is 2220 g/mol. The summed E-state index contributed by atoms with van der Waals surface area (Å²) < 4.78 is 0. The van der Waals surface area contributed by atoms with Crippen LogP contribution in [0.25, 0.3) is 0 Å². The second-order valence-corrected chi connectivity index (χ2v) is 43.3. The molecular formula is C80H176O32Ti12. The third-order valence-corrected chi connectivity index (χ3v) is 6.93. The predicted molar refractivity (Wildman–Crippen MR) is 400 cm³/mol. The van der Waals surface area contributed by atoms with Crippen LogP contribution in [-0.4, -0.2) is 106 Å². The third-order valence-electron chi connectivity index (χ3n) is 6.93.